The van der Waals surface area contributed by atoms with E-state index in [0.29, 0.717) is 5.88 Å². The molecule has 0 aliphatic heterocycles. The molecule has 21 heavy (non-hydrogen) atoms. The number of thiazole rings is 1. The number of rotatable bonds is 3. The summed E-state index contributed by atoms with van der Waals surface area (Å²) in [7, 11) is 1.61. The minimum atomic E-state index is -0.371. The van der Waals surface area contributed by atoms with Crippen molar-refractivity contribution in [3.05, 3.63) is 39.5 Å². The van der Waals surface area contributed by atoms with Crippen molar-refractivity contribution in [3.63, 3.8) is 0 Å². The lowest BCUT2D eigenvalue weighted by molar-refractivity contribution is 0.102. The normalized spacial score (nSPS) is 20.1. The minimum Gasteiger partial charge on any atom is -0.481 e. The van der Waals surface area contributed by atoms with Crippen molar-refractivity contribution >= 4 is 11.3 Å². The number of nitrogens with zero attached hydrogens (tertiary/aromatic N) is 2. The molecule has 2 aromatic heterocycles. The van der Waals surface area contributed by atoms with E-state index in [-0.39, 0.29) is 11.5 Å². The topological polar surface area (TPSA) is 55.2 Å². The van der Waals surface area contributed by atoms with Gasteiger partial charge in [0.15, 0.2) is 0 Å². The van der Waals surface area contributed by atoms with Crippen molar-refractivity contribution in [2.75, 3.05) is 7.11 Å². The van der Waals surface area contributed by atoms with Gasteiger partial charge in [0.1, 0.15) is 0 Å². The minimum absolute atomic E-state index is 0.124. The summed E-state index contributed by atoms with van der Waals surface area (Å²) in [6.07, 6.45) is 3.95. The van der Waals surface area contributed by atoms with Crippen LogP contribution in [0.25, 0.3) is 0 Å². The number of aromatic nitrogens is 2. The Hall–Kier alpha value is -1.46. The number of fused-ring (bicyclic) bond motifs is 1. The van der Waals surface area contributed by atoms with Gasteiger partial charge in [-0.3, -0.25) is 0 Å². The molecule has 0 amide bonds. The number of aliphatic hydroxyl groups excluding tert-OH is 1. The van der Waals surface area contributed by atoms with Gasteiger partial charge in [0, 0.05) is 18.7 Å². The molecular weight excluding hydrogens is 284 g/mol. The van der Waals surface area contributed by atoms with E-state index in [1.54, 1.807) is 18.4 Å². The zero-order valence-corrected chi connectivity index (χ0v) is 13.4. The molecule has 2 aromatic rings. The third-order valence-corrected chi connectivity index (χ3v) is 5.03. The van der Waals surface area contributed by atoms with E-state index in [1.165, 1.54) is 0 Å². The fraction of sp³-hybridized carbons (Fsp3) is 0.500. The van der Waals surface area contributed by atoms with E-state index >= 15 is 0 Å². The van der Waals surface area contributed by atoms with E-state index in [1.807, 2.05) is 18.3 Å². The second kappa shape index (κ2) is 5.39. The number of hydrogen-bond donors (Lipinski definition) is 1. The summed E-state index contributed by atoms with van der Waals surface area (Å²) in [6.45, 7) is 4.37. The first kappa shape index (κ1) is 14.5. The maximum Gasteiger partial charge on any atom is 0.212 e. The molecule has 1 aliphatic carbocycles. The molecule has 0 aromatic carbocycles. The molecule has 112 valence electrons. The van der Waals surface area contributed by atoms with E-state index in [4.69, 9.17) is 9.72 Å². The molecule has 1 atom stereocenters. The molecule has 3 rings (SSSR count). The van der Waals surface area contributed by atoms with Gasteiger partial charge in [0.25, 0.3) is 0 Å². The van der Waals surface area contributed by atoms with Crippen LogP contribution in [0.1, 0.15) is 47.5 Å². The summed E-state index contributed by atoms with van der Waals surface area (Å²) in [4.78, 5) is 10.00. The number of hydrogen-bond acceptors (Lipinski definition) is 5. The first-order valence-electron chi connectivity index (χ1n) is 7.12. The van der Waals surface area contributed by atoms with E-state index in [0.717, 1.165) is 40.4 Å². The molecule has 2 heterocycles. The van der Waals surface area contributed by atoms with Gasteiger partial charge in [0.05, 0.1) is 28.8 Å². The van der Waals surface area contributed by atoms with Crippen LogP contribution < -0.4 is 4.74 Å². The van der Waals surface area contributed by atoms with Crippen molar-refractivity contribution in [1.29, 1.82) is 0 Å². The molecule has 0 spiro atoms. The highest BCUT2D eigenvalue weighted by atomic mass is 32.1. The molecule has 1 N–H and O–H groups in total. The highest BCUT2D eigenvalue weighted by Gasteiger charge is 2.33. The molecule has 0 saturated carbocycles. The summed E-state index contributed by atoms with van der Waals surface area (Å²) in [5.74, 6) is 0.620. The summed E-state index contributed by atoms with van der Waals surface area (Å²) in [5, 5.41) is 11.3. The monoisotopic (exact) mass is 304 g/mol. The van der Waals surface area contributed by atoms with Gasteiger partial charge in [0.2, 0.25) is 5.88 Å². The van der Waals surface area contributed by atoms with Crippen LogP contribution in [0.2, 0.25) is 0 Å². The molecule has 1 unspecified atom stereocenters. The Labute approximate surface area is 128 Å². The SMILES string of the molecule is COc1ccc(Cc2nc3c(s2)C(O)CC(C)(C)C3)cn1. The quantitative estimate of drug-likeness (QED) is 0.946. The zero-order chi connectivity index (χ0) is 15.0. The van der Waals surface area contributed by atoms with Crippen LogP contribution in [0.5, 0.6) is 5.88 Å². The second-order valence-electron chi connectivity index (χ2n) is 6.37. The number of pyridine rings is 1. The third-order valence-electron chi connectivity index (χ3n) is 3.83. The van der Waals surface area contributed by atoms with Crippen LogP contribution in [0.3, 0.4) is 0 Å². The molecule has 0 saturated heterocycles. The van der Waals surface area contributed by atoms with Gasteiger partial charge < -0.3 is 9.84 Å². The van der Waals surface area contributed by atoms with Crippen LogP contribution in [0, 0.1) is 5.41 Å². The summed E-state index contributed by atoms with van der Waals surface area (Å²) in [5.41, 5.74) is 2.30. The van der Waals surface area contributed by atoms with Gasteiger partial charge in [-0.05, 0) is 23.8 Å². The maximum absolute atomic E-state index is 10.3. The van der Waals surface area contributed by atoms with Gasteiger partial charge in [-0.25, -0.2) is 9.97 Å². The van der Waals surface area contributed by atoms with E-state index in [9.17, 15) is 5.11 Å². The molecule has 1 aliphatic rings. The predicted molar refractivity (Wildman–Crippen MR) is 82.8 cm³/mol. The fourth-order valence-electron chi connectivity index (χ4n) is 2.83. The molecule has 5 heteroatoms. The summed E-state index contributed by atoms with van der Waals surface area (Å²) < 4.78 is 5.07. The van der Waals surface area contributed by atoms with Crippen molar-refractivity contribution < 1.29 is 9.84 Å². The smallest absolute Gasteiger partial charge is 0.212 e. The third kappa shape index (κ3) is 3.09. The lowest BCUT2D eigenvalue weighted by atomic mass is 9.77. The summed E-state index contributed by atoms with van der Waals surface area (Å²) in [6, 6.07) is 3.87. The average molecular weight is 304 g/mol. The lowest BCUT2D eigenvalue weighted by Gasteiger charge is -2.31. The molecular formula is C16H20N2O2S. The standard InChI is InChI=1S/C16H20N2O2S/c1-16(2)7-11-15(12(19)8-16)21-14(18-11)6-10-4-5-13(20-3)17-9-10/h4-5,9,12,19H,6-8H2,1-3H3. The first-order valence-corrected chi connectivity index (χ1v) is 7.94. The van der Waals surface area contributed by atoms with Crippen LogP contribution in [-0.4, -0.2) is 22.2 Å². The Bertz CT molecular complexity index is 634. The second-order valence-corrected chi connectivity index (χ2v) is 7.48. The fourth-order valence-corrected chi connectivity index (χ4v) is 3.93. The van der Waals surface area contributed by atoms with Crippen molar-refractivity contribution in [1.82, 2.24) is 9.97 Å². The van der Waals surface area contributed by atoms with Crippen molar-refractivity contribution in [2.45, 2.75) is 39.2 Å². The maximum atomic E-state index is 10.3. The van der Waals surface area contributed by atoms with Gasteiger partial charge in [-0.2, -0.15) is 0 Å². The summed E-state index contributed by atoms with van der Waals surface area (Å²) >= 11 is 1.63. The molecule has 0 fully saturated rings. The van der Waals surface area contributed by atoms with Crippen LogP contribution in [-0.2, 0) is 12.8 Å². The van der Waals surface area contributed by atoms with E-state index < -0.39 is 0 Å². The Morgan fingerprint density at radius 1 is 1.43 bits per heavy atom. The van der Waals surface area contributed by atoms with Crippen LogP contribution in [0.15, 0.2) is 18.3 Å². The van der Waals surface area contributed by atoms with Gasteiger partial charge in [-0.1, -0.05) is 19.9 Å². The Morgan fingerprint density at radius 2 is 2.24 bits per heavy atom. The Kier molecular flexibility index (Phi) is 3.71. The van der Waals surface area contributed by atoms with Crippen LogP contribution in [0.4, 0.5) is 0 Å². The molecule has 4 nitrogen and oxygen atoms in total. The lowest BCUT2D eigenvalue weighted by Crippen LogP contribution is -2.24. The first-order chi connectivity index (χ1) is 9.97. The molecule has 0 radical (unpaired) electrons. The number of ether oxygens (including phenoxy) is 1. The molecule has 0 bridgehead atoms. The van der Waals surface area contributed by atoms with Crippen molar-refractivity contribution in [2.24, 2.45) is 5.41 Å². The van der Waals surface area contributed by atoms with E-state index in [2.05, 4.69) is 18.8 Å². The zero-order valence-electron chi connectivity index (χ0n) is 12.6. The van der Waals surface area contributed by atoms with Crippen LogP contribution >= 0.6 is 11.3 Å². The highest BCUT2D eigenvalue weighted by Crippen LogP contribution is 2.43. The number of aliphatic hydroxyl groups is 1. The Balaban J connectivity index is 1.81. The Morgan fingerprint density at radius 3 is 2.90 bits per heavy atom. The van der Waals surface area contributed by atoms with Gasteiger partial charge in [-0.15, -0.1) is 11.3 Å². The predicted octanol–water partition coefficient (Wildman–Crippen LogP) is 3.14. The number of methoxy groups -OCH3 is 1. The van der Waals surface area contributed by atoms with Gasteiger partial charge >= 0.3 is 0 Å². The van der Waals surface area contributed by atoms with Crippen molar-refractivity contribution in [3.8, 4) is 5.88 Å². The largest absolute Gasteiger partial charge is 0.481 e. The average Bonchev–Trinajstić information content (AvgIpc) is 2.81. The highest BCUT2D eigenvalue weighted by molar-refractivity contribution is 7.11.